The van der Waals surface area contributed by atoms with Gasteiger partial charge in [0, 0.05) is 25.6 Å². The highest BCUT2D eigenvalue weighted by Gasteiger charge is 2.21. The Kier molecular flexibility index (Phi) is 8.51. The first-order chi connectivity index (χ1) is 10.2. The summed E-state index contributed by atoms with van der Waals surface area (Å²) in [6.45, 7) is 3.93. The van der Waals surface area contributed by atoms with Gasteiger partial charge in [0.15, 0.2) is 0 Å². The zero-order valence-corrected chi connectivity index (χ0v) is 14.6. The van der Waals surface area contributed by atoms with Crippen LogP contribution in [0.3, 0.4) is 0 Å². The zero-order valence-electron chi connectivity index (χ0n) is 13.8. The molecule has 1 aliphatic rings. The van der Waals surface area contributed by atoms with E-state index in [1.807, 2.05) is 11.9 Å². The molecule has 1 heterocycles. The molecule has 0 aromatic heterocycles. The summed E-state index contributed by atoms with van der Waals surface area (Å²) in [5.41, 5.74) is 2.68. The van der Waals surface area contributed by atoms with Gasteiger partial charge in [-0.15, -0.1) is 12.4 Å². The molecule has 2 rings (SSSR count). The summed E-state index contributed by atoms with van der Waals surface area (Å²) in [5.74, 6) is 0.332. The molecule has 0 spiro atoms. The fourth-order valence-electron chi connectivity index (χ4n) is 2.96. The van der Waals surface area contributed by atoms with Crippen LogP contribution in [0.15, 0.2) is 24.3 Å². The quantitative estimate of drug-likeness (QED) is 0.814. The molecule has 3 nitrogen and oxygen atoms in total. The molecule has 1 aromatic rings. The van der Waals surface area contributed by atoms with Crippen molar-refractivity contribution in [1.82, 2.24) is 10.2 Å². The summed E-state index contributed by atoms with van der Waals surface area (Å²) in [6, 6.07) is 9.19. The van der Waals surface area contributed by atoms with Crippen molar-refractivity contribution in [3.8, 4) is 0 Å². The number of amides is 1. The van der Waals surface area contributed by atoms with Crippen LogP contribution in [0.25, 0.3) is 0 Å². The molecule has 1 aromatic carbocycles. The maximum atomic E-state index is 12.2. The van der Waals surface area contributed by atoms with E-state index in [9.17, 15) is 4.79 Å². The van der Waals surface area contributed by atoms with Crippen LogP contribution in [0.4, 0.5) is 0 Å². The van der Waals surface area contributed by atoms with Crippen LogP contribution in [-0.4, -0.2) is 37.0 Å². The van der Waals surface area contributed by atoms with Gasteiger partial charge in [-0.1, -0.05) is 29.8 Å². The second kappa shape index (κ2) is 9.86. The lowest BCUT2D eigenvalue weighted by Gasteiger charge is -2.32. The van der Waals surface area contributed by atoms with Crippen molar-refractivity contribution in [1.29, 1.82) is 0 Å². The number of rotatable bonds is 6. The number of hydrogen-bond donors (Lipinski definition) is 1. The lowest BCUT2D eigenvalue weighted by atomic mass is 10.0. The Hall–Kier alpha value is -1.06. The summed E-state index contributed by atoms with van der Waals surface area (Å²) in [7, 11) is 1.99. The fraction of sp³-hybridized carbons (Fsp3) is 0.611. The van der Waals surface area contributed by atoms with Crippen molar-refractivity contribution in [2.75, 3.05) is 20.1 Å². The van der Waals surface area contributed by atoms with E-state index < -0.39 is 0 Å². The van der Waals surface area contributed by atoms with Crippen molar-refractivity contribution >= 4 is 18.3 Å². The molecule has 4 heteroatoms. The largest absolute Gasteiger partial charge is 0.341 e. The summed E-state index contributed by atoms with van der Waals surface area (Å²) >= 11 is 0. The van der Waals surface area contributed by atoms with E-state index in [1.54, 1.807) is 0 Å². The number of halogens is 1. The molecule has 1 saturated heterocycles. The molecule has 0 bridgehead atoms. The number of aryl methyl sites for hydroxylation is 2. The average Bonchev–Trinajstić information content (AvgIpc) is 2.53. The highest BCUT2D eigenvalue weighted by molar-refractivity contribution is 5.85. The Labute approximate surface area is 140 Å². The van der Waals surface area contributed by atoms with Gasteiger partial charge in [-0.25, -0.2) is 0 Å². The number of carbonyl (C=O) groups is 1. The molecule has 0 saturated carbocycles. The van der Waals surface area contributed by atoms with Gasteiger partial charge >= 0.3 is 0 Å². The number of likely N-dealkylation sites (tertiary alicyclic amines) is 1. The molecule has 1 aliphatic heterocycles. The highest BCUT2D eigenvalue weighted by atomic mass is 35.5. The normalized spacial score (nSPS) is 17.9. The highest BCUT2D eigenvalue weighted by Crippen LogP contribution is 2.13. The van der Waals surface area contributed by atoms with E-state index in [0.29, 0.717) is 18.4 Å². The fourth-order valence-corrected chi connectivity index (χ4v) is 2.96. The number of piperidine rings is 1. The molecule has 1 fully saturated rings. The molecule has 1 N–H and O–H groups in total. The Morgan fingerprint density at radius 1 is 1.27 bits per heavy atom. The lowest BCUT2D eigenvalue weighted by molar-refractivity contribution is -0.132. The number of unbranched alkanes of at least 4 members (excludes halogenated alkanes) is 1. The van der Waals surface area contributed by atoms with Crippen molar-refractivity contribution in [3.05, 3.63) is 35.4 Å². The Morgan fingerprint density at radius 3 is 2.68 bits per heavy atom. The zero-order chi connectivity index (χ0) is 15.1. The van der Waals surface area contributed by atoms with E-state index in [0.717, 1.165) is 38.8 Å². The van der Waals surface area contributed by atoms with Crippen molar-refractivity contribution in [2.45, 2.75) is 51.5 Å². The van der Waals surface area contributed by atoms with Gasteiger partial charge < -0.3 is 10.2 Å². The monoisotopic (exact) mass is 324 g/mol. The maximum Gasteiger partial charge on any atom is 0.222 e. The van der Waals surface area contributed by atoms with Gasteiger partial charge in [0.1, 0.15) is 0 Å². The number of likely N-dealkylation sites (N-methyl/N-ethyl adjacent to an activating group) is 1. The van der Waals surface area contributed by atoms with Crippen LogP contribution in [-0.2, 0) is 11.2 Å². The molecule has 1 atom stereocenters. The summed E-state index contributed by atoms with van der Waals surface area (Å²) in [4.78, 5) is 14.3. The minimum absolute atomic E-state index is 0. The molecule has 0 radical (unpaired) electrons. The second-order valence-corrected chi connectivity index (χ2v) is 6.16. The maximum absolute atomic E-state index is 12.2. The van der Waals surface area contributed by atoms with Crippen LogP contribution in [0.2, 0.25) is 0 Å². The predicted octanol–water partition coefficient (Wildman–Crippen LogP) is 3.34. The Morgan fingerprint density at radius 2 is 2.00 bits per heavy atom. The first kappa shape index (κ1) is 19.0. The standard InChI is InChI=1S/C18H28N2O.ClH/c1-15-9-11-16(12-10-15)6-3-4-8-18(21)20-13-5-7-17(14-20)19-2;/h9-12,17,19H,3-8,13-14H2,1-2H3;1H. The lowest BCUT2D eigenvalue weighted by Crippen LogP contribution is -2.46. The van der Waals surface area contributed by atoms with Crippen molar-refractivity contribution in [3.63, 3.8) is 0 Å². The van der Waals surface area contributed by atoms with Gasteiger partial charge in [0.05, 0.1) is 0 Å². The van der Waals surface area contributed by atoms with Gasteiger partial charge in [-0.2, -0.15) is 0 Å². The molecule has 1 amide bonds. The molecular formula is C18H29ClN2O. The SMILES string of the molecule is CNC1CCCN(C(=O)CCCCc2ccc(C)cc2)C1.Cl. The van der Waals surface area contributed by atoms with Crippen LogP contribution in [0.5, 0.6) is 0 Å². The Bertz CT molecular complexity index is 447. The minimum Gasteiger partial charge on any atom is -0.341 e. The van der Waals surface area contributed by atoms with E-state index >= 15 is 0 Å². The summed E-state index contributed by atoms with van der Waals surface area (Å²) in [5, 5.41) is 3.29. The average molecular weight is 325 g/mol. The third-order valence-electron chi connectivity index (χ3n) is 4.41. The van der Waals surface area contributed by atoms with E-state index in [4.69, 9.17) is 0 Å². The topological polar surface area (TPSA) is 32.3 Å². The number of nitrogens with zero attached hydrogens (tertiary/aromatic N) is 1. The van der Waals surface area contributed by atoms with E-state index in [1.165, 1.54) is 17.5 Å². The number of hydrogen-bond acceptors (Lipinski definition) is 2. The molecule has 22 heavy (non-hydrogen) atoms. The predicted molar refractivity (Wildman–Crippen MR) is 94.6 cm³/mol. The van der Waals surface area contributed by atoms with Gasteiger partial charge in [0.25, 0.3) is 0 Å². The summed E-state index contributed by atoms with van der Waals surface area (Å²) < 4.78 is 0. The smallest absolute Gasteiger partial charge is 0.222 e. The second-order valence-electron chi connectivity index (χ2n) is 6.16. The molecule has 124 valence electrons. The first-order valence-corrected chi connectivity index (χ1v) is 8.19. The van der Waals surface area contributed by atoms with Crippen molar-refractivity contribution < 1.29 is 4.79 Å². The third-order valence-corrected chi connectivity index (χ3v) is 4.41. The Balaban J connectivity index is 0.00000242. The molecule has 1 unspecified atom stereocenters. The van der Waals surface area contributed by atoms with Gasteiger partial charge in [-0.3, -0.25) is 4.79 Å². The van der Waals surface area contributed by atoms with Crippen molar-refractivity contribution in [2.24, 2.45) is 0 Å². The number of nitrogens with one attached hydrogen (secondary N) is 1. The first-order valence-electron chi connectivity index (χ1n) is 8.19. The van der Waals surface area contributed by atoms with Gasteiger partial charge in [-0.05, 0) is 51.6 Å². The van der Waals surface area contributed by atoms with E-state index in [-0.39, 0.29) is 12.4 Å². The van der Waals surface area contributed by atoms with E-state index in [2.05, 4.69) is 36.5 Å². The minimum atomic E-state index is 0. The third kappa shape index (κ3) is 5.98. The van der Waals surface area contributed by atoms with Crippen LogP contribution >= 0.6 is 12.4 Å². The molecule has 0 aliphatic carbocycles. The number of benzene rings is 1. The van der Waals surface area contributed by atoms with Crippen LogP contribution in [0, 0.1) is 6.92 Å². The molecular weight excluding hydrogens is 296 g/mol. The van der Waals surface area contributed by atoms with Gasteiger partial charge in [0.2, 0.25) is 5.91 Å². The van der Waals surface area contributed by atoms with Crippen LogP contribution < -0.4 is 5.32 Å². The van der Waals surface area contributed by atoms with Crippen LogP contribution in [0.1, 0.15) is 43.2 Å². The summed E-state index contributed by atoms with van der Waals surface area (Å²) in [6.07, 6.45) is 6.18. The number of carbonyl (C=O) groups excluding carboxylic acids is 1.